The van der Waals surface area contributed by atoms with Gasteiger partial charge < -0.3 is 20.4 Å². The van der Waals surface area contributed by atoms with Crippen LogP contribution in [0.4, 0.5) is 0 Å². The summed E-state index contributed by atoms with van der Waals surface area (Å²) in [7, 11) is 0. The second-order valence-electron chi connectivity index (χ2n) is 5.62. The molecule has 0 aromatic heterocycles. The van der Waals surface area contributed by atoms with Crippen molar-refractivity contribution in [1.29, 1.82) is 0 Å². The van der Waals surface area contributed by atoms with Crippen molar-refractivity contribution >= 4 is 11.9 Å². The molecule has 140 valence electrons. The van der Waals surface area contributed by atoms with Gasteiger partial charge >= 0.3 is 11.9 Å². The molecule has 0 atom stereocenters. The number of phenolic OH excluding ortho intramolecular Hbond substituents is 2. The number of benzene rings is 2. The van der Waals surface area contributed by atoms with Crippen LogP contribution in [0.15, 0.2) is 48.5 Å². The molecule has 0 fully saturated rings. The average molecular weight is 368 g/mol. The Morgan fingerprint density at radius 1 is 0.741 bits per heavy atom. The lowest BCUT2D eigenvalue weighted by atomic mass is 9.78. The molecule has 0 amide bonds. The molecule has 0 saturated heterocycles. The molecule has 0 heterocycles. The van der Waals surface area contributed by atoms with E-state index in [1.54, 1.807) is 24.3 Å². The topological polar surface area (TPSA) is 115 Å². The molecular formula is C21H20O6. The van der Waals surface area contributed by atoms with E-state index >= 15 is 0 Å². The minimum absolute atomic E-state index is 0.151. The largest absolute Gasteiger partial charge is 0.508 e. The van der Waals surface area contributed by atoms with Gasteiger partial charge in [-0.25, -0.2) is 9.59 Å². The van der Waals surface area contributed by atoms with Crippen molar-refractivity contribution in [3.8, 4) is 36.2 Å². The molecule has 0 aliphatic rings. The van der Waals surface area contributed by atoms with Crippen LogP contribution in [0.25, 0.3) is 0 Å². The van der Waals surface area contributed by atoms with Crippen molar-refractivity contribution < 1.29 is 30.0 Å². The summed E-state index contributed by atoms with van der Waals surface area (Å²) in [4.78, 5) is 18.3. The number of hydrogen-bond acceptors (Lipinski definition) is 4. The van der Waals surface area contributed by atoms with Gasteiger partial charge in [0.2, 0.25) is 0 Å². The minimum atomic E-state index is -1.22. The maximum absolute atomic E-state index is 9.30. The van der Waals surface area contributed by atoms with Crippen LogP contribution in [0.2, 0.25) is 0 Å². The summed E-state index contributed by atoms with van der Waals surface area (Å²) >= 11 is 0. The van der Waals surface area contributed by atoms with Crippen LogP contribution in [0.5, 0.6) is 11.5 Å². The fourth-order valence-corrected chi connectivity index (χ4v) is 1.92. The number of terminal acetylenes is 2. The predicted octanol–water partition coefficient (Wildman–Crippen LogP) is 2.83. The zero-order valence-electron chi connectivity index (χ0n) is 14.9. The quantitative estimate of drug-likeness (QED) is 0.606. The Balaban J connectivity index is 0.000000563. The SMILES string of the molecule is C#CC(=O)O.C#CC(=O)O.CC(C)(c1ccc(O)cc1)c1ccc(O)cc1. The molecule has 0 spiro atoms. The number of rotatable bonds is 2. The third-order valence-electron chi connectivity index (χ3n) is 3.42. The lowest BCUT2D eigenvalue weighted by Crippen LogP contribution is -2.18. The Morgan fingerprint density at radius 3 is 1.15 bits per heavy atom. The summed E-state index contributed by atoms with van der Waals surface area (Å²) < 4.78 is 0. The number of aromatic hydroxyl groups is 2. The summed E-state index contributed by atoms with van der Waals surface area (Å²) in [6, 6.07) is 14.4. The molecular weight excluding hydrogens is 348 g/mol. The number of aliphatic carboxylic acids is 2. The van der Waals surface area contributed by atoms with Crippen molar-refractivity contribution in [2.24, 2.45) is 0 Å². The molecule has 0 radical (unpaired) electrons. The Hall–Kier alpha value is -3.90. The molecule has 4 N–H and O–H groups in total. The maximum Gasteiger partial charge on any atom is 0.381 e. The van der Waals surface area contributed by atoms with E-state index in [9.17, 15) is 10.2 Å². The Kier molecular flexibility index (Phi) is 9.29. The van der Waals surface area contributed by atoms with Gasteiger partial charge in [0.15, 0.2) is 0 Å². The highest BCUT2D eigenvalue weighted by atomic mass is 16.4. The second kappa shape index (κ2) is 10.9. The van der Waals surface area contributed by atoms with Gasteiger partial charge in [0.1, 0.15) is 11.5 Å². The summed E-state index contributed by atoms with van der Waals surface area (Å²) in [5.41, 5.74) is 2.10. The van der Waals surface area contributed by atoms with Gasteiger partial charge in [-0.2, -0.15) is 0 Å². The van der Waals surface area contributed by atoms with Crippen molar-refractivity contribution in [3.05, 3.63) is 59.7 Å². The van der Waals surface area contributed by atoms with E-state index in [2.05, 4.69) is 26.7 Å². The van der Waals surface area contributed by atoms with Crippen molar-refractivity contribution in [2.45, 2.75) is 19.3 Å². The molecule has 6 nitrogen and oxygen atoms in total. The predicted molar refractivity (Wildman–Crippen MR) is 101 cm³/mol. The number of phenols is 2. The molecule has 0 aliphatic heterocycles. The van der Waals surface area contributed by atoms with Crippen LogP contribution in [-0.4, -0.2) is 32.4 Å². The van der Waals surface area contributed by atoms with Crippen molar-refractivity contribution in [2.75, 3.05) is 0 Å². The summed E-state index contributed by atoms with van der Waals surface area (Å²) in [6.07, 6.45) is 8.64. The molecule has 2 rings (SSSR count). The fourth-order valence-electron chi connectivity index (χ4n) is 1.92. The summed E-state index contributed by atoms with van der Waals surface area (Å²) in [6.45, 7) is 4.23. The summed E-state index contributed by atoms with van der Waals surface area (Å²) in [5.74, 6) is 1.00. The Labute approximate surface area is 157 Å². The molecule has 27 heavy (non-hydrogen) atoms. The zero-order chi connectivity index (χ0) is 21.0. The first kappa shape index (κ1) is 23.1. The van der Waals surface area contributed by atoms with Gasteiger partial charge in [0, 0.05) is 17.3 Å². The average Bonchev–Trinajstić information content (AvgIpc) is 2.63. The molecule has 0 unspecified atom stereocenters. The zero-order valence-corrected chi connectivity index (χ0v) is 14.9. The maximum atomic E-state index is 9.30. The van der Waals surface area contributed by atoms with E-state index in [4.69, 9.17) is 19.8 Å². The standard InChI is InChI=1S/C15H16O2.2C3H2O2/c1-15(2,11-3-7-13(16)8-4-11)12-5-9-14(17)10-6-12;2*1-2-3(4)5/h3-10,16-17H,1-2H3;2*1H,(H,4,5). The molecule has 2 aromatic carbocycles. The van der Waals surface area contributed by atoms with Gasteiger partial charge in [0.25, 0.3) is 0 Å². The van der Waals surface area contributed by atoms with E-state index in [0.29, 0.717) is 0 Å². The first-order valence-electron chi connectivity index (χ1n) is 7.52. The highest BCUT2D eigenvalue weighted by molar-refractivity contribution is 5.85. The lowest BCUT2D eigenvalue weighted by Gasteiger charge is -2.26. The number of carboxylic acids is 2. The van der Waals surface area contributed by atoms with Gasteiger partial charge in [-0.1, -0.05) is 38.1 Å². The van der Waals surface area contributed by atoms with E-state index in [0.717, 1.165) is 11.1 Å². The Morgan fingerprint density at radius 2 is 0.963 bits per heavy atom. The number of hydrogen-bond donors (Lipinski definition) is 4. The monoisotopic (exact) mass is 368 g/mol. The van der Waals surface area contributed by atoms with E-state index in [1.165, 1.54) is 11.8 Å². The minimum Gasteiger partial charge on any atom is -0.508 e. The molecule has 2 aromatic rings. The van der Waals surface area contributed by atoms with Crippen molar-refractivity contribution in [3.63, 3.8) is 0 Å². The molecule has 0 aliphatic carbocycles. The molecule has 0 bridgehead atoms. The second-order valence-corrected chi connectivity index (χ2v) is 5.62. The number of carboxylic acid groups (broad SMARTS) is 2. The van der Waals surface area contributed by atoms with Crippen LogP contribution in [0.3, 0.4) is 0 Å². The van der Waals surface area contributed by atoms with E-state index in [-0.39, 0.29) is 16.9 Å². The van der Waals surface area contributed by atoms with Crippen LogP contribution < -0.4 is 0 Å². The van der Waals surface area contributed by atoms with Crippen LogP contribution in [0.1, 0.15) is 25.0 Å². The van der Waals surface area contributed by atoms with Gasteiger partial charge in [0.05, 0.1) is 0 Å². The van der Waals surface area contributed by atoms with E-state index < -0.39 is 11.9 Å². The Bertz CT molecular complexity index is 763. The number of carbonyl (C=O) groups is 2. The lowest BCUT2D eigenvalue weighted by molar-refractivity contribution is -0.131. The van der Waals surface area contributed by atoms with Crippen molar-refractivity contribution in [1.82, 2.24) is 0 Å². The third kappa shape index (κ3) is 8.67. The van der Waals surface area contributed by atoms with E-state index in [1.807, 2.05) is 24.3 Å². The third-order valence-corrected chi connectivity index (χ3v) is 3.42. The van der Waals surface area contributed by atoms with Crippen LogP contribution in [0, 0.1) is 24.7 Å². The van der Waals surface area contributed by atoms with Gasteiger partial charge in [-0.15, -0.1) is 12.8 Å². The summed E-state index contributed by atoms with van der Waals surface area (Å²) in [5, 5.41) is 33.6. The first-order chi connectivity index (χ1) is 12.5. The smallest absolute Gasteiger partial charge is 0.381 e. The fraction of sp³-hybridized carbons (Fsp3) is 0.143. The highest BCUT2D eigenvalue weighted by Crippen LogP contribution is 2.32. The molecule has 0 saturated carbocycles. The van der Waals surface area contributed by atoms with Gasteiger partial charge in [-0.3, -0.25) is 0 Å². The molecule has 6 heteroatoms. The highest BCUT2D eigenvalue weighted by Gasteiger charge is 2.22. The first-order valence-corrected chi connectivity index (χ1v) is 7.52. The van der Waals surface area contributed by atoms with Crippen LogP contribution in [-0.2, 0) is 15.0 Å². The van der Waals surface area contributed by atoms with Gasteiger partial charge in [-0.05, 0) is 35.4 Å². The normalized spacial score (nSPS) is 9.19. The van der Waals surface area contributed by atoms with Crippen LogP contribution >= 0.6 is 0 Å².